The van der Waals surface area contributed by atoms with Gasteiger partial charge in [0.05, 0.1) is 0 Å². The highest BCUT2D eigenvalue weighted by Crippen LogP contribution is 2.29. The summed E-state index contributed by atoms with van der Waals surface area (Å²) in [6, 6.07) is 2.65. The zero-order valence-corrected chi connectivity index (χ0v) is 10.8. The molecule has 0 bridgehead atoms. The fourth-order valence-electron chi connectivity index (χ4n) is 3.19. The average molecular weight is 248 g/mol. The highest BCUT2D eigenvalue weighted by Gasteiger charge is 2.37. The zero-order valence-electron chi connectivity index (χ0n) is 10.8. The first-order valence-corrected chi connectivity index (χ1v) is 6.87. The monoisotopic (exact) mass is 248 g/mol. The molecule has 2 saturated heterocycles. The van der Waals surface area contributed by atoms with Crippen molar-refractivity contribution in [3.63, 3.8) is 0 Å². The van der Waals surface area contributed by atoms with Gasteiger partial charge in [0.25, 0.3) is 5.56 Å². The molecule has 98 valence electrons. The smallest absolute Gasteiger partial charge is 0.252 e. The summed E-state index contributed by atoms with van der Waals surface area (Å²) in [7, 11) is 0. The Balaban J connectivity index is 1.76. The van der Waals surface area contributed by atoms with Gasteiger partial charge in [-0.2, -0.15) is 0 Å². The Labute approximate surface area is 107 Å². The molecule has 2 aliphatic rings. The van der Waals surface area contributed by atoms with Gasteiger partial charge >= 0.3 is 0 Å². The molecule has 2 aliphatic heterocycles. The number of aryl methyl sites for hydroxylation is 1. The lowest BCUT2D eigenvalue weighted by molar-refractivity contribution is 0.318. The van der Waals surface area contributed by atoms with E-state index in [0.29, 0.717) is 12.1 Å². The van der Waals surface area contributed by atoms with E-state index in [1.165, 1.54) is 25.9 Å². The van der Waals surface area contributed by atoms with Crippen LogP contribution in [0.3, 0.4) is 0 Å². The Morgan fingerprint density at radius 3 is 3.22 bits per heavy atom. The first-order valence-electron chi connectivity index (χ1n) is 6.87. The number of nitrogens with one attached hydrogen (secondary N) is 2. The maximum atomic E-state index is 11.5. The number of H-pyrrole nitrogens is 1. The summed E-state index contributed by atoms with van der Waals surface area (Å²) in [4.78, 5) is 21.3. The number of nitrogens with zero attached hydrogens (tertiary/aromatic N) is 2. The van der Waals surface area contributed by atoms with E-state index in [0.717, 1.165) is 24.5 Å². The Bertz CT molecular complexity index is 484. The van der Waals surface area contributed by atoms with Crippen LogP contribution in [0.15, 0.2) is 10.9 Å². The van der Waals surface area contributed by atoms with Crippen LogP contribution in [0, 0.1) is 0 Å². The molecule has 3 rings (SSSR count). The Morgan fingerprint density at radius 2 is 2.39 bits per heavy atom. The summed E-state index contributed by atoms with van der Waals surface area (Å²) < 4.78 is 0. The van der Waals surface area contributed by atoms with Crippen LogP contribution >= 0.6 is 0 Å². The van der Waals surface area contributed by atoms with E-state index in [4.69, 9.17) is 0 Å². The van der Waals surface area contributed by atoms with Gasteiger partial charge in [-0.25, -0.2) is 4.98 Å². The number of hydrogen-bond acceptors (Lipinski definition) is 4. The molecule has 2 atom stereocenters. The van der Waals surface area contributed by atoms with Crippen LogP contribution in [-0.4, -0.2) is 40.0 Å². The summed E-state index contributed by atoms with van der Waals surface area (Å²) >= 11 is 0. The van der Waals surface area contributed by atoms with Crippen molar-refractivity contribution in [3.05, 3.63) is 22.2 Å². The highest BCUT2D eigenvalue weighted by atomic mass is 16.1. The molecular weight excluding hydrogens is 228 g/mol. The number of fused-ring (bicyclic) bond motifs is 1. The SMILES string of the molecule is CCc1nc(NC2CCN3CCCC23)cc(=O)[nH]1. The molecule has 5 heteroatoms. The maximum Gasteiger partial charge on any atom is 0.252 e. The van der Waals surface area contributed by atoms with Crippen LogP contribution in [0.4, 0.5) is 5.82 Å². The van der Waals surface area contributed by atoms with Crippen molar-refractivity contribution in [2.45, 2.75) is 44.7 Å². The van der Waals surface area contributed by atoms with Gasteiger partial charge < -0.3 is 10.3 Å². The van der Waals surface area contributed by atoms with Gasteiger partial charge in [0.2, 0.25) is 0 Å². The molecule has 2 N–H and O–H groups in total. The zero-order chi connectivity index (χ0) is 12.5. The first kappa shape index (κ1) is 11.7. The lowest BCUT2D eigenvalue weighted by atomic mass is 10.1. The summed E-state index contributed by atoms with van der Waals surface area (Å²) in [6.07, 6.45) is 4.47. The molecule has 2 unspecified atom stereocenters. The van der Waals surface area contributed by atoms with Crippen molar-refractivity contribution in [3.8, 4) is 0 Å². The van der Waals surface area contributed by atoms with E-state index >= 15 is 0 Å². The van der Waals surface area contributed by atoms with Gasteiger partial charge in [-0.05, 0) is 25.8 Å². The van der Waals surface area contributed by atoms with Crippen LogP contribution in [0.5, 0.6) is 0 Å². The van der Waals surface area contributed by atoms with Gasteiger partial charge in [0.1, 0.15) is 11.6 Å². The molecule has 0 aromatic carbocycles. The summed E-state index contributed by atoms with van der Waals surface area (Å²) in [6.45, 7) is 4.40. The minimum absolute atomic E-state index is 0.0642. The number of aromatic nitrogens is 2. The third kappa shape index (κ3) is 2.14. The molecule has 0 saturated carbocycles. The summed E-state index contributed by atoms with van der Waals surface area (Å²) in [5.74, 6) is 1.49. The average Bonchev–Trinajstić information content (AvgIpc) is 2.93. The Kier molecular flexibility index (Phi) is 3.07. The number of rotatable bonds is 3. The fraction of sp³-hybridized carbons (Fsp3) is 0.692. The topological polar surface area (TPSA) is 61.0 Å². The van der Waals surface area contributed by atoms with Crippen molar-refractivity contribution in [2.24, 2.45) is 0 Å². The third-order valence-corrected chi connectivity index (χ3v) is 4.06. The molecular formula is C13H20N4O. The minimum Gasteiger partial charge on any atom is -0.365 e. The van der Waals surface area contributed by atoms with Gasteiger partial charge in [-0.3, -0.25) is 9.69 Å². The van der Waals surface area contributed by atoms with Crippen LogP contribution in [-0.2, 0) is 6.42 Å². The van der Waals surface area contributed by atoms with Gasteiger partial charge in [0.15, 0.2) is 0 Å². The lowest BCUT2D eigenvalue weighted by Gasteiger charge is -2.21. The summed E-state index contributed by atoms with van der Waals surface area (Å²) in [5.41, 5.74) is -0.0642. The second kappa shape index (κ2) is 4.72. The van der Waals surface area contributed by atoms with Crippen molar-refractivity contribution in [2.75, 3.05) is 18.4 Å². The molecule has 5 nitrogen and oxygen atoms in total. The first-order chi connectivity index (χ1) is 8.76. The van der Waals surface area contributed by atoms with Crippen LogP contribution < -0.4 is 10.9 Å². The molecule has 3 heterocycles. The Morgan fingerprint density at radius 1 is 1.50 bits per heavy atom. The van der Waals surface area contributed by atoms with Gasteiger partial charge in [-0.1, -0.05) is 6.92 Å². The van der Waals surface area contributed by atoms with Crippen molar-refractivity contribution >= 4 is 5.82 Å². The minimum atomic E-state index is -0.0642. The quantitative estimate of drug-likeness (QED) is 0.837. The van der Waals surface area contributed by atoms with Crippen LogP contribution in [0.2, 0.25) is 0 Å². The molecule has 0 amide bonds. The van der Waals surface area contributed by atoms with Gasteiger partial charge in [-0.15, -0.1) is 0 Å². The summed E-state index contributed by atoms with van der Waals surface area (Å²) in [5, 5.41) is 3.46. The standard InChI is InChI=1S/C13H20N4O/c1-2-11-15-12(8-13(18)16-11)14-9-5-7-17-6-3-4-10(9)17/h8-10H,2-7H2,1H3,(H2,14,15,16,18). The molecule has 1 aromatic rings. The molecule has 1 aromatic heterocycles. The third-order valence-electron chi connectivity index (χ3n) is 4.06. The highest BCUT2D eigenvalue weighted by molar-refractivity contribution is 5.35. The predicted octanol–water partition coefficient (Wildman–Crippen LogP) is 0.981. The van der Waals surface area contributed by atoms with Crippen molar-refractivity contribution in [1.29, 1.82) is 0 Å². The fourth-order valence-corrected chi connectivity index (χ4v) is 3.19. The lowest BCUT2D eigenvalue weighted by Crippen LogP contribution is -2.34. The number of anilines is 1. The Hall–Kier alpha value is -1.36. The van der Waals surface area contributed by atoms with Crippen LogP contribution in [0.25, 0.3) is 0 Å². The van der Waals surface area contributed by atoms with Crippen molar-refractivity contribution in [1.82, 2.24) is 14.9 Å². The maximum absolute atomic E-state index is 11.5. The van der Waals surface area contributed by atoms with Gasteiger partial charge in [0, 0.05) is 31.1 Å². The van der Waals surface area contributed by atoms with Crippen LogP contribution in [0.1, 0.15) is 32.0 Å². The normalized spacial score (nSPS) is 27.4. The van der Waals surface area contributed by atoms with E-state index in [1.807, 2.05) is 6.92 Å². The predicted molar refractivity (Wildman–Crippen MR) is 70.9 cm³/mol. The molecule has 0 spiro atoms. The molecule has 2 fully saturated rings. The van der Waals surface area contributed by atoms with E-state index in [1.54, 1.807) is 6.07 Å². The molecule has 0 aliphatic carbocycles. The van der Waals surface area contributed by atoms with E-state index in [-0.39, 0.29) is 5.56 Å². The van der Waals surface area contributed by atoms with E-state index in [2.05, 4.69) is 20.2 Å². The second-order valence-electron chi connectivity index (χ2n) is 5.22. The largest absolute Gasteiger partial charge is 0.365 e. The molecule has 18 heavy (non-hydrogen) atoms. The van der Waals surface area contributed by atoms with E-state index < -0.39 is 0 Å². The number of aromatic amines is 1. The van der Waals surface area contributed by atoms with Crippen molar-refractivity contribution < 1.29 is 0 Å². The second-order valence-corrected chi connectivity index (χ2v) is 5.22. The number of hydrogen-bond donors (Lipinski definition) is 2. The van der Waals surface area contributed by atoms with E-state index in [9.17, 15) is 4.79 Å². The molecule has 0 radical (unpaired) electrons.